The van der Waals surface area contributed by atoms with Gasteiger partial charge in [0.05, 0.1) is 21.4 Å². The van der Waals surface area contributed by atoms with E-state index in [1.54, 1.807) is 24.3 Å². The lowest BCUT2D eigenvalue weighted by atomic mass is 9.95. The van der Waals surface area contributed by atoms with Crippen LogP contribution in [0.1, 0.15) is 12.8 Å². The Hall–Kier alpha value is -5.22. The maximum absolute atomic E-state index is 12.8. The third kappa shape index (κ3) is 8.76. The van der Waals surface area contributed by atoms with Crippen LogP contribution in [0.3, 0.4) is 0 Å². The zero-order chi connectivity index (χ0) is 39.9. The lowest BCUT2D eigenvalue weighted by Crippen LogP contribution is -2.46. The average Bonchev–Trinajstić information content (AvgIpc) is 3.18. The molecule has 0 radical (unpaired) electrons. The van der Waals surface area contributed by atoms with Gasteiger partial charge in [0, 0.05) is 61.6 Å². The first-order chi connectivity index (χ1) is 27.0. The highest BCUT2D eigenvalue weighted by Gasteiger charge is 2.29. The molecule has 16 heteroatoms. The number of carboxylic acid groups (broad SMARTS) is 2. The Bertz CT molecular complexity index is 1980. The summed E-state index contributed by atoms with van der Waals surface area (Å²) >= 11 is 14.2. The number of hydrogen-bond acceptors (Lipinski definition) is 10. The molecule has 6 rings (SSSR count). The van der Waals surface area contributed by atoms with E-state index < -0.39 is 24.0 Å². The Morgan fingerprint density at radius 2 is 1.04 bits per heavy atom. The van der Waals surface area contributed by atoms with Crippen molar-refractivity contribution in [1.29, 1.82) is 0 Å². The molecule has 2 aliphatic rings. The van der Waals surface area contributed by atoms with Gasteiger partial charge in [-0.05, 0) is 48.2 Å². The molecule has 0 saturated heterocycles. The van der Waals surface area contributed by atoms with Crippen LogP contribution in [-0.4, -0.2) is 109 Å². The molecule has 0 spiro atoms. The second-order valence-corrected chi connectivity index (χ2v) is 13.8. The number of aliphatic carboxylic acids is 2. The van der Waals surface area contributed by atoms with Gasteiger partial charge in [0.2, 0.25) is 0 Å². The van der Waals surface area contributed by atoms with Crippen molar-refractivity contribution >= 4 is 58.3 Å². The van der Waals surface area contributed by atoms with Crippen molar-refractivity contribution in [3.63, 3.8) is 0 Å². The van der Waals surface area contributed by atoms with Crippen LogP contribution in [0.5, 0.6) is 11.5 Å². The summed E-state index contributed by atoms with van der Waals surface area (Å²) in [6, 6.07) is 20.1. The fraction of sp³-hybridized carbons (Fsp3) is 0.300. The van der Waals surface area contributed by atoms with E-state index in [9.17, 15) is 39.6 Å². The number of aliphatic hydroxyl groups excluding tert-OH is 2. The maximum Gasteiger partial charge on any atom is 0.320 e. The molecule has 2 aliphatic heterocycles. The van der Waals surface area contributed by atoms with Crippen molar-refractivity contribution in [1.82, 2.24) is 10.6 Å². The molecular formula is C40H40Cl2N4O10. The highest BCUT2D eigenvalue weighted by atomic mass is 35.5. The van der Waals surface area contributed by atoms with Crippen molar-refractivity contribution < 1.29 is 49.1 Å². The fourth-order valence-corrected chi connectivity index (χ4v) is 7.42. The van der Waals surface area contributed by atoms with Crippen LogP contribution in [-0.2, 0) is 19.2 Å². The van der Waals surface area contributed by atoms with Crippen LogP contribution in [0.15, 0.2) is 72.8 Å². The van der Waals surface area contributed by atoms with Gasteiger partial charge in [-0.25, -0.2) is 0 Å². The molecule has 2 atom stereocenters. The van der Waals surface area contributed by atoms with Crippen molar-refractivity contribution in [3.05, 3.63) is 82.8 Å². The Morgan fingerprint density at radius 1 is 0.643 bits per heavy atom. The topological polar surface area (TPSA) is 198 Å². The summed E-state index contributed by atoms with van der Waals surface area (Å²) in [5.41, 5.74) is 5.28. The molecule has 0 fully saturated rings. The van der Waals surface area contributed by atoms with Gasteiger partial charge in [-0.15, -0.1) is 0 Å². The predicted molar refractivity (Wildman–Crippen MR) is 211 cm³/mol. The molecule has 2 heterocycles. The van der Waals surface area contributed by atoms with Gasteiger partial charge < -0.3 is 50.3 Å². The zero-order valence-electron chi connectivity index (χ0n) is 30.0. The molecule has 0 aromatic heterocycles. The zero-order valence-corrected chi connectivity index (χ0v) is 31.6. The number of carboxylic acids is 2. The fourth-order valence-electron chi connectivity index (χ4n) is 6.75. The van der Waals surface area contributed by atoms with E-state index in [1.165, 1.54) is 9.80 Å². The minimum atomic E-state index is -1.08. The molecule has 6 N–H and O–H groups in total. The number of halogens is 2. The van der Waals surface area contributed by atoms with Crippen molar-refractivity contribution in [3.8, 4) is 44.9 Å². The van der Waals surface area contributed by atoms with E-state index >= 15 is 0 Å². The van der Waals surface area contributed by atoms with Crippen LogP contribution in [0.4, 0.5) is 11.4 Å². The van der Waals surface area contributed by atoms with Gasteiger partial charge >= 0.3 is 11.9 Å². The highest BCUT2D eigenvalue weighted by molar-refractivity contribution is 6.39. The van der Waals surface area contributed by atoms with E-state index in [-0.39, 0.29) is 77.3 Å². The average molecular weight is 808 g/mol. The van der Waals surface area contributed by atoms with Crippen LogP contribution in [0.2, 0.25) is 10.0 Å². The second-order valence-electron chi connectivity index (χ2n) is 13.1. The van der Waals surface area contributed by atoms with E-state index in [0.717, 1.165) is 11.1 Å². The van der Waals surface area contributed by atoms with E-state index in [2.05, 4.69) is 10.6 Å². The Balaban J connectivity index is 1.22. The van der Waals surface area contributed by atoms with Crippen LogP contribution < -0.4 is 29.9 Å². The Kier molecular flexibility index (Phi) is 13.1. The summed E-state index contributed by atoms with van der Waals surface area (Å²) in [6.45, 7) is -0.179. The quantitative estimate of drug-likeness (QED) is 0.0887. The van der Waals surface area contributed by atoms with Gasteiger partial charge in [-0.2, -0.15) is 0 Å². The number of fused-ring (bicyclic) bond motifs is 2. The number of nitrogens with zero attached hydrogens (tertiary/aromatic N) is 2. The molecule has 0 saturated carbocycles. The number of amides is 2. The van der Waals surface area contributed by atoms with Crippen molar-refractivity contribution in [2.24, 2.45) is 0 Å². The number of benzene rings is 4. The molecular weight excluding hydrogens is 767 g/mol. The van der Waals surface area contributed by atoms with E-state index in [0.29, 0.717) is 55.2 Å². The lowest BCUT2D eigenvalue weighted by molar-refractivity contribution is -0.140. The number of carbonyl (C=O) groups is 4. The lowest BCUT2D eigenvalue weighted by Gasteiger charge is -2.30. The summed E-state index contributed by atoms with van der Waals surface area (Å²) < 4.78 is 11.6. The SMILES string of the molecule is O=C(O)[C@@H](CCO)NCCN1C(=O)COc2cc(-c3cccc(-c4cccc(-c5ccc6c(c5)OCC(=O)N6CCN[C@H](CCO)C(=O)O)c4Cl)c3Cl)ccc21. The number of ether oxygens (including phenoxy) is 2. The first kappa shape index (κ1) is 40.4. The van der Waals surface area contributed by atoms with Gasteiger partial charge in [0.15, 0.2) is 13.2 Å². The molecule has 0 bridgehead atoms. The highest BCUT2D eigenvalue weighted by Crippen LogP contribution is 2.45. The third-order valence-corrected chi connectivity index (χ3v) is 10.4. The minimum absolute atomic E-state index is 0.0410. The predicted octanol–water partition coefficient (Wildman–Crippen LogP) is 4.30. The van der Waals surface area contributed by atoms with Gasteiger partial charge in [-0.3, -0.25) is 19.2 Å². The first-order valence-corrected chi connectivity index (χ1v) is 18.6. The number of aliphatic hydroxyl groups is 2. The van der Waals surface area contributed by atoms with Crippen molar-refractivity contribution in [2.75, 3.05) is 62.4 Å². The van der Waals surface area contributed by atoms with Gasteiger partial charge in [0.25, 0.3) is 11.8 Å². The third-order valence-electron chi connectivity index (χ3n) is 9.60. The van der Waals surface area contributed by atoms with Gasteiger partial charge in [0.1, 0.15) is 23.6 Å². The molecule has 294 valence electrons. The monoisotopic (exact) mass is 806 g/mol. The Morgan fingerprint density at radius 3 is 1.41 bits per heavy atom. The number of anilines is 2. The molecule has 14 nitrogen and oxygen atoms in total. The smallest absolute Gasteiger partial charge is 0.320 e. The molecule has 2 amide bonds. The van der Waals surface area contributed by atoms with E-state index in [4.69, 9.17) is 32.7 Å². The summed E-state index contributed by atoms with van der Waals surface area (Å²) in [6.07, 6.45) is 0.0820. The standard InChI is InChI=1S/C40H40Cl2N4O10/c41-37-25(23-7-9-31-33(19-23)55-21-35(49)45(31)15-13-43-29(11-17-47)39(51)52)3-1-5-27(37)28-6-2-4-26(38(28)42)24-8-10-32-34(20-24)56-22-36(50)46(32)16-14-44-30(12-18-48)40(53)54/h1-10,19-20,29-30,43-44,47-48H,11-18,21-22H2,(H,51,52)(H,53,54)/t29-,30-/m1/s1. The maximum atomic E-state index is 12.8. The van der Waals surface area contributed by atoms with Gasteiger partial charge in [-0.1, -0.05) is 71.7 Å². The number of hydrogen-bond donors (Lipinski definition) is 6. The van der Waals surface area contributed by atoms with E-state index in [1.807, 2.05) is 48.5 Å². The molecule has 4 aromatic carbocycles. The molecule has 0 unspecified atom stereocenters. The largest absolute Gasteiger partial charge is 0.482 e. The summed E-state index contributed by atoms with van der Waals surface area (Å²) in [7, 11) is 0. The summed E-state index contributed by atoms with van der Waals surface area (Å²) in [4.78, 5) is 51.6. The normalized spacial score (nSPS) is 14.7. The minimum Gasteiger partial charge on any atom is -0.482 e. The molecule has 56 heavy (non-hydrogen) atoms. The Labute approximate surface area is 332 Å². The van der Waals surface area contributed by atoms with Crippen LogP contribution >= 0.6 is 23.2 Å². The summed E-state index contributed by atoms with van der Waals surface area (Å²) in [5.74, 6) is -1.78. The number of carbonyl (C=O) groups excluding carboxylic acids is 2. The first-order valence-electron chi connectivity index (χ1n) is 17.9. The second kappa shape index (κ2) is 18.2. The van der Waals surface area contributed by atoms with Crippen LogP contribution in [0.25, 0.3) is 33.4 Å². The summed E-state index contributed by atoms with van der Waals surface area (Å²) in [5, 5.41) is 43.7. The number of rotatable bonds is 17. The molecule has 0 aliphatic carbocycles. The van der Waals surface area contributed by atoms with Crippen LogP contribution in [0, 0.1) is 0 Å². The van der Waals surface area contributed by atoms with Crippen molar-refractivity contribution in [2.45, 2.75) is 24.9 Å². The molecule has 4 aromatic rings. The number of nitrogens with one attached hydrogen (secondary N) is 2.